The molecule has 0 saturated heterocycles. The number of esters is 1. The summed E-state index contributed by atoms with van der Waals surface area (Å²) < 4.78 is 27.1. The molecule has 0 aliphatic rings. The average Bonchev–Trinajstić information content (AvgIpc) is 2.80. The molecule has 0 fully saturated rings. The highest BCUT2D eigenvalue weighted by molar-refractivity contribution is 5.78. The molecule has 10 nitrogen and oxygen atoms in total. The van der Waals surface area contributed by atoms with Crippen LogP contribution in [0.5, 0.6) is 0 Å². The largest absolute Gasteiger partial charge is 0.492 e. The Labute approximate surface area is 226 Å². The molecule has 0 bridgehead atoms. The third-order valence-corrected chi connectivity index (χ3v) is 4.82. The van der Waals surface area contributed by atoms with Gasteiger partial charge in [-0.25, -0.2) is 9.59 Å². The number of ether oxygens (including phenoxy) is 5. The summed E-state index contributed by atoms with van der Waals surface area (Å²) in [6.07, 6.45) is -1.25. The smallest absolute Gasteiger partial charge is 0.411 e. The summed E-state index contributed by atoms with van der Waals surface area (Å²) in [5.41, 5.74) is -0.491. The van der Waals surface area contributed by atoms with E-state index in [9.17, 15) is 14.4 Å². The summed E-state index contributed by atoms with van der Waals surface area (Å²) in [5.74, 6) is -0.296. The molecule has 1 atom stereocenters. The summed E-state index contributed by atoms with van der Waals surface area (Å²) in [7, 11) is 1.50. The Hall–Kier alpha value is -3.27. The van der Waals surface area contributed by atoms with Gasteiger partial charge in [0.1, 0.15) is 36.7 Å². The molecule has 38 heavy (non-hydrogen) atoms. The molecular formula is C28H44N2O8. The fourth-order valence-electron chi connectivity index (χ4n) is 2.98. The maximum Gasteiger partial charge on any atom is 0.411 e. The highest BCUT2D eigenvalue weighted by Crippen LogP contribution is 2.16. The van der Waals surface area contributed by atoms with Gasteiger partial charge >= 0.3 is 18.2 Å². The van der Waals surface area contributed by atoms with E-state index in [-0.39, 0.29) is 32.8 Å². The summed E-state index contributed by atoms with van der Waals surface area (Å²) in [4.78, 5) is 40.7. The van der Waals surface area contributed by atoms with Gasteiger partial charge in [0, 0.05) is 13.7 Å². The Morgan fingerprint density at radius 1 is 0.895 bits per heavy atom. The van der Waals surface area contributed by atoms with Crippen LogP contribution >= 0.6 is 0 Å². The van der Waals surface area contributed by atoms with Crippen molar-refractivity contribution in [2.45, 2.75) is 72.3 Å². The molecule has 214 valence electrons. The van der Waals surface area contributed by atoms with Crippen molar-refractivity contribution in [2.75, 3.05) is 40.0 Å². The van der Waals surface area contributed by atoms with E-state index in [4.69, 9.17) is 23.7 Å². The highest BCUT2D eigenvalue weighted by Gasteiger charge is 2.29. The zero-order chi connectivity index (χ0) is 28.9. The average molecular weight is 537 g/mol. The van der Waals surface area contributed by atoms with E-state index < -0.39 is 35.4 Å². The zero-order valence-corrected chi connectivity index (χ0v) is 24.1. The molecule has 0 aliphatic heterocycles. The van der Waals surface area contributed by atoms with Gasteiger partial charge in [0.15, 0.2) is 0 Å². The monoisotopic (exact) mass is 536 g/mol. The summed E-state index contributed by atoms with van der Waals surface area (Å²) in [5, 5.41) is 0. The molecule has 2 amide bonds. The SMILES string of the molecule is C=C(CN(C(=O)OC(C)(C)C)C(C)COC(=O)CN(CCOC)C(=O)OC(C)(C)C)OCc1ccccc1. The third-order valence-electron chi connectivity index (χ3n) is 4.82. The lowest BCUT2D eigenvalue weighted by atomic mass is 10.2. The second-order valence-corrected chi connectivity index (χ2v) is 10.8. The molecule has 10 heteroatoms. The van der Waals surface area contributed by atoms with Crippen LogP contribution in [0.2, 0.25) is 0 Å². The lowest BCUT2D eigenvalue weighted by molar-refractivity contribution is -0.146. The number of amides is 2. The van der Waals surface area contributed by atoms with Crippen molar-refractivity contribution >= 4 is 18.2 Å². The Bertz CT molecular complexity index is 906. The van der Waals surface area contributed by atoms with Crippen molar-refractivity contribution in [1.29, 1.82) is 0 Å². The number of methoxy groups -OCH3 is 1. The van der Waals surface area contributed by atoms with Gasteiger partial charge in [-0.05, 0) is 54.0 Å². The number of rotatable bonds is 13. The van der Waals surface area contributed by atoms with Gasteiger partial charge in [0.25, 0.3) is 0 Å². The van der Waals surface area contributed by atoms with Crippen molar-refractivity contribution in [3.05, 3.63) is 48.2 Å². The number of hydrogen-bond acceptors (Lipinski definition) is 8. The van der Waals surface area contributed by atoms with E-state index in [1.165, 1.54) is 16.9 Å². The van der Waals surface area contributed by atoms with Gasteiger partial charge in [0.05, 0.1) is 19.2 Å². The van der Waals surface area contributed by atoms with Crippen LogP contribution in [0.3, 0.4) is 0 Å². The normalized spacial score (nSPS) is 12.2. The van der Waals surface area contributed by atoms with Crippen LogP contribution in [0.15, 0.2) is 42.7 Å². The first-order chi connectivity index (χ1) is 17.6. The maximum absolute atomic E-state index is 13.0. The predicted molar refractivity (Wildman–Crippen MR) is 143 cm³/mol. The van der Waals surface area contributed by atoms with E-state index in [1.807, 2.05) is 30.3 Å². The second kappa shape index (κ2) is 15.2. The molecule has 1 unspecified atom stereocenters. The number of benzene rings is 1. The van der Waals surface area contributed by atoms with Crippen molar-refractivity contribution in [3.8, 4) is 0 Å². The van der Waals surface area contributed by atoms with Crippen molar-refractivity contribution < 1.29 is 38.1 Å². The fraction of sp³-hybridized carbons (Fsp3) is 0.607. The lowest BCUT2D eigenvalue weighted by Crippen LogP contribution is -2.46. The van der Waals surface area contributed by atoms with Gasteiger partial charge in [-0.3, -0.25) is 14.6 Å². The van der Waals surface area contributed by atoms with Crippen LogP contribution < -0.4 is 0 Å². The molecule has 0 N–H and O–H groups in total. The Kier molecular flexibility index (Phi) is 13.1. The first-order valence-corrected chi connectivity index (χ1v) is 12.6. The molecule has 1 aromatic rings. The second-order valence-electron chi connectivity index (χ2n) is 10.8. The first-order valence-electron chi connectivity index (χ1n) is 12.6. The number of carbonyl (C=O) groups excluding carboxylic acids is 3. The minimum Gasteiger partial charge on any atom is -0.492 e. The van der Waals surface area contributed by atoms with E-state index in [0.29, 0.717) is 12.4 Å². The molecule has 0 spiro atoms. The Morgan fingerprint density at radius 2 is 1.47 bits per heavy atom. The molecular weight excluding hydrogens is 492 g/mol. The summed E-state index contributed by atoms with van der Waals surface area (Å²) in [6.45, 7) is 16.4. The summed E-state index contributed by atoms with van der Waals surface area (Å²) >= 11 is 0. The molecule has 0 aliphatic carbocycles. The number of hydrogen-bond donors (Lipinski definition) is 0. The molecule has 1 aromatic carbocycles. The van der Waals surface area contributed by atoms with Crippen LogP contribution in [0.25, 0.3) is 0 Å². The van der Waals surface area contributed by atoms with E-state index in [2.05, 4.69) is 6.58 Å². The van der Waals surface area contributed by atoms with Crippen LogP contribution in [-0.4, -0.2) is 85.2 Å². The Morgan fingerprint density at radius 3 is 2.03 bits per heavy atom. The minimum absolute atomic E-state index is 0.0400. The third kappa shape index (κ3) is 13.9. The van der Waals surface area contributed by atoms with E-state index >= 15 is 0 Å². The topological polar surface area (TPSA) is 104 Å². The van der Waals surface area contributed by atoms with Crippen LogP contribution in [-0.2, 0) is 35.1 Å². The van der Waals surface area contributed by atoms with Gasteiger partial charge in [-0.2, -0.15) is 0 Å². The van der Waals surface area contributed by atoms with Gasteiger partial charge in [-0.1, -0.05) is 36.9 Å². The highest BCUT2D eigenvalue weighted by atomic mass is 16.6. The molecule has 0 heterocycles. The standard InChI is InChI=1S/C28H44N2O8/c1-21(19-36-24(31)18-29(15-16-34-9)25(32)37-27(3,4)5)30(26(33)38-28(6,7)8)17-22(2)35-20-23-13-11-10-12-14-23/h10-14,21H,2,15-20H2,1,3-9H3. The first kappa shape index (κ1) is 32.8. The van der Waals surface area contributed by atoms with Crippen LogP contribution in [0, 0.1) is 0 Å². The van der Waals surface area contributed by atoms with Crippen LogP contribution in [0.1, 0.15) is 54.0 Å². The molecule has 1 rings (SSSR count). The van der Waals surface area contributed by atoms with Gasteiger partial charge in [0.2, 0.25) is 0 Å². The van der Waals surface area contributed by atoms with Crippen molar-refractivity contribution in [2.24, 2.45) is 0 Å². The van der Waals surface area contributed by atoms with Crippen LogP contribution in [0.4, 0.5) is 9.59 Å². The van der Waals surface area contributed by atoms with Gasteiger partial charge in [-0.15, -0.1) is 0 Å². The fourth-order valence-corrected chi connectivity index (χ4v) is 2.98. The molecule has 0 radical (unpaired) electrons. The van der Waals surface area contributed by atoms with Gasteiger partial charge < -0.3 is 23.7 Å². The van der Waals surface area contributed by atoms with Crippen molar-refractivity contribution in [3.63, 3.8) is 0 Å². The maximum atomic E-state index is 13.0. The number of carbonyl (C=O) groups is 3. The predicted octanol–water partition coefficient (Wildman–Crippen LogP) is 4.77. The summed E-state index contributed by atoms with van der Waals surface area (Å²) in [6, 6.07) is 9.01. The minimum atomic E-state index is -0.729. The van der Waals surface area contributed by atoms with E-state index in [0.717, 1.165) is 5.56 Å². The Balaban J connectivity index is 2.81. The van der Waals surface area contributed by atoms with E-state index in [1.54, 1.807) is 48.5 Å². The lowest BCUT2D eigenvalue weighted by Gasteiger charge is -2.32. The molecule has 0 aromatic heterocycles. The number of nitrogens with zero attached hydrogens (tertiary/aromatic N) is 2. The van der Waals surface area contributed by atoms with Crippen molar-refractivity contribution in [1.82, 2.24) is 9.80 Å². The molecule has 0 saturated carbocycles. The quantitative estimate of drug-likeness (QED) is 0.202. The zero-order valence-electron chi connectivity index (χ0n) is 24.1.